The van der Waals surface area contributed by atoms with Crippen LogP contribution in [0.2, 0.25) is 0 Å². The van der Waals surface area contributed by atoms with Gasteiger partial charge in [0.15, 0.2) is 0 Å². The first-order valence-electron chi connectivity index (χ1n) is 10.4. The smallest absolute Gasteiger partial charge is 0.135 e. The van der Waals surface area contributed by atoms with Crippen LogP contribution in [0.5, 0.6) is 5.75 Å². The van der Waals surface area contributed by atoms with Crippen molar-refractivity contribution in [2.75, 3.05) is 0 Å². The fraction of sp³-hybridized carbons (Fsp3) is 0. The molecule has 4 aromatic rings. The number of aliphatic imine (C=N–C) groups is 1. The molecule has 31 heavy (non-hydrogen) atoms. The molecule has 0 aromatic heterocycles. The van der Waals surface area contributed by atoms with Gasteiger partial charge in [0, 0.05) is 22.1 Å². The number of allylic oxidation sites excluding steroid dienone is 5. The van der Waals surface area contributed by atoms with Crippen molar-refractivity contribution in [2.24, 2.45) is 4.99 Å². The van der Waals surface area contributed by atoms with E-state index >= 15 is 0 Å². The van der Waals surface area contributed by atoms with Gasteiger partial charge in [-0.1, -0.05) is 91.0 Å². The van der Waals surface area contributed by atoms with E-state index in [2.05, 4.69) is 78.9 Å². The molecule has 0 N–H and O–H groups in total. The van der Waals surface area contributed by atoms with Crippen LogP contribution in [0.4, 0.5) is 5.69 Å². The zero-order valence-electron chi connectivity index (χ0n) is 16.8. The van der Waals surface area contributed by atoms with Gasteiger partial charge < -0.3 is 4.74 Å². The van der Waals surface area contributed by atoms with Crippen molar-refractivity contribution in [2.45, 2.75) is 0 Å². The molecule has 0 saturated heterocycles. The monoisotopic (exact) mass is 397 g/mol. The zero-order chi connectivity index (χ0) is 20.6. The Labute approximate surface area is 181 Å². The molecule has 0 saturated carbocycles. The molecule has 146 valence electrons. The van der Waals surface area contributed by atoms with Crippen LogP contribution >= 0.6 is 0 Å². The molecule has 6 rings (SSSR count). The Morgan fingerprint density at radius 2 is 1.48 bits per heavy atom. The lowest BCUT2D eigenvalue weighted by Gasteiger charge is -2.20. The Hall–Kier alpha value is -4.17. The fourth-order valence-corrected chi connectivity index (χ4v) is 4.23. The largest absolute Gasteiger partial charge is 0.456 e. The molecule has 2 heteroatoms. The SMILES string of the molecule is C1=C(c2ccccc2)Oc2ccccc2/C1=C\C=C/C1=Nc2cccc3cccc1c23. The Morgan fingerprint density at radius 3 is 2.39 bits per heavy atom. The molecule has 2 aliphatic heterocycles. The first kappa shape index (κ1) is 17.7. The van der Waals surface area contributed by atoms with Gasteiger partial charge in [-0.3, -0.25) is 0 Å². The lowest BCUT2D eigenvalue weighted by Crippen LogP contribution is -2.03. The molecule has 0 bridgehead atoms. The lowest BCUT2D eigenvalue weighted by atomic mass is 9.98. The summed E-state index contributed by atoms with van der Waals surface area (Å²) in [6, 6.07) is 31.0. The topological polar surface area (TPSA) is 21.6 Å². The summed E-state index contributed by atoms with van der Waals surface area (Å²) in [4.78, 5) is 4.85. The standard InChI is InChI=1S/C29H19NO/c1-2-9-20(10-3-1)28-19-22(23-14-4-5-18-27(23)31-28)13-8-16-25-24-15-6-11-21-12-7-17-26(30-25)29(21)24/h1-19H/b16-8-,22-13-. The maximum absolute atomic E-state index is 6.18. The van der Waals surface area contributed by atoms with E-state index < -0.39 is 0 Å². The second kappa shape index (κ2) is 7.26. The van der Waals surface area contributed by atoms with Crippen molar-refractivity contribution in [3.8, 4) is 5.75 Å². The first-order chi connectivity index (χ1) is 15.4. The molecule has 2 aliphatic rings. The molecule has 0 spiro atoms. The third-order valence-electron chi connectivity index (χ3n) is 5.69. The quantitative estimate of drug-likeness (QED) is 0.354. The molecule has 0 amide bonds. The number of benzene rings is 4. The van der Waals surface area contributed by atoms with E-state index in [1.807, 2.05) is 36.4 Å². The van der Waals surface area contributed by atoms with E-state index in [0.717, 1.165) is 39.6 Å². The first-order valence-corrected chi connectivity index (χ1v) is 10.4. The third kappa shape index (κ3) is 3.10. The summed E-state index contributed by atoms with van der Waals surface area (Å²) in [5.74, 6) is 1.73. The molecule has 0 aliphatic carbocycles. The molecule has 0 unspecified atom stereocenters. The van der Waals surface area contributed by atoms with Crippen LogP contribution in [-0.4, -0.2) is 5.71 Å². The average molecular weight is 397 g/mol. The maximum Gasteiger partial charge on any atom is 0.135 e. The van der Waals surface area contributed by atoms with E-state index in [1.165, 1.54) is 16.3 Å². The minimum Gasteiger partial charge on any atom is -0.456 e. The average Bonchev–Trinajstić information content (AvgIpc) is 3.19. The Bertz CT molecular complexity index is 1430. The number of fused-ring (bicyclic) bond motifs is 1. The molecular weight excluding hydrogens is 378 g/mol. The summed E-state index contributed by atoms with van der Waals surface area (Å²) < 4.78 is 6.18. The van der Waals surface area contributed by atoms with Crippen LogP contribution in [0.25, 0.3) is 22.1 Å². The maximum atomic E-state index is 6.18. The van der Waals surface area contributed by atoms with Gasteiger partial charge >= 0.3 is 0 Å². The number of ether oxygens (including phenoxy) is 1. The molecule has 2 heterocycles. The summed E-state index contributed by atoms with van der Waals surface area (Å²) in [7, 11) is 0. The van der Waals surface area contributed by atoms with Crippen molar-refractivity contribution >= 4 is 33.5 Å². The number of hydrogen-bond donors (Lipinski definition) is 0. The summed E-state index contributed by atoms with van der Waals surface area (Å²) in [6.45, 7) is 0. The summed E-state index contributed by atoms with van der Waals surface area (Å²) in [5, 5.41) is 2.47. The van der Waals surface area contributed by atoms with Crippen LogP contribution in [0, 0.1) is 0 Å². The zero-order valence-corrected chi connectivity index (χ0v) is 16.8. The van der Waals surface area contributed by atoms with Crippen molar-refractivity contribution < 1.29 is 4.74 Å². The van der Waals surface area contributed by atoms with Crippen LogP contribution in [0.15, 0.2) is 120 Å². The van der Waals surface area contributed by atoms with Crippen molar-refractivity contribution in [1.29, 1.82) is 0 Å². The minimum absolute atomic E-state index is 0.856. The van der Waals surface area contributed by atoms with Crippen molar-refractivity contribution in [3.63, 3.8) is 0 Å². The number of rotatable bonds is 3. The predicted octanol–water partition coefficient (Wildman–Crippen LogP) is 7.35. The van der Waals surface area contributed by atoms with Crippen LogP contribution in [-0.2, 0) is 0 Å². The van der Waals surface area contributed by atoms with Gasteiger partial charge in [0.1, 0.15) is 11.5 Å². The predicted molar refractivity (Wildman–Crippen MR) is 129 cm³/mol. The van der Waals surface area contributed by atoms with E-state index in [-0.39, 0.29) is 0 Å². The highest BCUT2D eigenvalue weighted by Crippen LogP contribution is 2.37. The van der Waals surface area contributed by atoms with Crippen LogP contribution < -0.4 is 4.74 Å². The minimum atomic E-state index is 0.856. The van der Waals surface area contributed by atoms with Gasteiger partial charge in [0.25, 0.3) is 0 Å². The normalized spacial score (nSPS) is 15.7. The van der Waals surface area contributed by atoms with Crippen LogP contribution in [0.3, 0.4) is 0 Å². The van der Waals surface area contributed by atoms with Crippen molar-refractivity contribution in [1.82, 2.24) is 0 Å². The molecule has 0 atom stereocenters. The Kier molecular flexibility index (Phi) is 4.14. The van der Waals surface area contributed by atoms with Gasteiger partial charge in [-0.25, -0.2) is 4.99 Å². The van der Waals surface area contributed by atoms with E-state index in [0.29, 0.717) is 0 Å². The van der Waals surface area contributed by atoms with Gasteiger partial charge in [0.05, 0.1) is 11.4 Å². The molecule has 0 radical (unpaired) electrons. The van der Waals surface area contributed by atoms with E-state index in [1.54, 1.807) is 0 Å². The summed E-state index contributed by atoms with van der Waals surface area (Å²) >= 11 is 0. The highest BCUT2D eigenvalue weighted by molar-refractivity contribution is 6.24. The van der Waals surface area contributed by atoms with E-state index in [9.17, 15) is 0 Å². The Balaban J connectivity index is 1.39. The second-order valence-electron chi connectivity index (χ2n) is 7.63. The second-order valence-corrected chi connectivity index (χ2v) is 7.63. The molecule has 0 fully saturated rings. The highest BCUT2D eigenvalue weighted by Gasteiger charge is 2.18. The molecule has 2 nitrogen and oxygen atoms in total. The van der Waals surface area contributed by atoms with Gasteiger partial charge in [-0.2, -0.15) is 0 Å². The van der Waals surface area contributed by atoms with E-state index in [4.69, 9.17) is 9.73 Å². The number of hydrogen-bond acceptors (Lipinski definition) is 2. The summed E-state index contributed by atoms with van der Waals surface area (Å²) in [6.07, 6.45) is 8.42. The lowest BCUT2D eigenvalue weighted by molar-refractivity contribution is 0.509. The van der Waals surface area contributed by atoms with Gasteiger partial charge in [-0.15, -0.1) is 0 Å². The van der Waals surface area contributed by atoms with Crippen LogP contribution in [0.1, 0.15) is 16.7 Å². The number of nitrogens with zero attached hydrogens (tertiary/aromatic N) is 1. The number of para-hydroxylation sites is 1. The molecule has 4 aromatic carbocycles. The van der Waals surface area contributed by atoms with Gasteiger partial charge in [-0.05, 0) is 35.2 Å². The Morgan fingerprint density at radius 1 is 0.710 bits per heavy atom. The highest BCUT2D eigenvalue weighted by atomic mass is 16.5. The molecular formula is C29H19NO. The fourth-order valence-electron chi connectivity index (χ4n) is 4.23. The summed E-state index contributed by atoms with van der Waals surface area (Å²) in [5.41, 5.74) is 6.50. The van der Waals surface area contributed by atoms with Gasteiger partial charge in [0.2, 0.25) is 0 Å². The van der Waals surface area contributed by atoms with Crippen molar-refractivity contribution in [3.05, 3.63) is 132 Å². The third-order valence-corrected chi connectivity index (χ3v) is 5.69.